The normalized spacial score (nSPS) is 23.2. The minimum Gasteiger partial charge on any atom is -0.395 e. The van der Waals surface area contributed by atoms with Gasteiger partial charge in [0.15, 0.2) is 0 Å². The van der Waals surface area contributed by atoms with E-state index in [2.05, 4.69) is 9.88 Å². The van der Waals surface area contributed by atoms with E-state index in [4.69, 9.17) is 0 Å². The maximum absolute atomic E-state index is 9.42. The van der Waals surface area contributed by atoms with Gasteiger partial charge in [-0.3, -0.25) is 4.90 Å². The van der Waals surface area contributed by atoms with Gasteiger partial charge < -0.3 is 5.11 Å². The highest BCUT2D eigenvalue weighted by Crippen LogP contribution is 2.21. The Labute approximate surface area is 101 Å². The zero-order valence-corrected chi connectivity index (χ0v) is 10.7. The highest BCUT2D eigenvalue weighted by atomic mass is 32.1. The van der Waals surface area contributed by atoms with Crippen LogP contribution in [0.4, 0.5) is 0 Å². The van der Waals surface area contributed by atoms with Crippen molar-refractivity contribution in [1.29, 1.82) is 0 Å². The first-order chi connectivity index (χ1) is 7.79. The number of rotatable bonds is 3. The molecule has 0 aromatic carbocycles. The summed E-state index contributed by atoms with van der Waals surface area (Å²) in [6.07, 6.45) is 6.92. The Morgan fingerprint density at radius 1 is 1.50 bits per heavy atom. The van der Waals surface area contributed by atoms with Crippen LogP contribution in [0.3, 0.4) is 0 Å². The van der Waals surface area contributed by atoms with Gasteiger partial charge in [0.2, 0.25) is 0 Å². The van der Waals surface area contributed by atoms with Gasteiger partial charge in [-0.05, 0) is 26.3 Å². The lowest BCUT2D eigenvalue weighted by molar-refractivity contribution is 0.119. The van der Waals surface area contributed by atoms with Crippen LogP contribution in [0.1, 0.15) is 35.6 Å². The van der Waals surface area contributed by atoms with Crippen LogP contribution >= 0.6 is 11.3 Å². The second-order valence-electron chi connectivity index (χ2n) is 4.50. The summed E-state index contributed by atoms with van der Waals surface area (Å²) in [7, 11) is 0. The molecule has 1 unspecified atom stereocenters. The number of aliphatic hydroxyl groups is 1. The van der Waals surface area contributed by atoms with E-state index >= 15 is 0 Å². The quantitative estimate of drug-likeness (QED) is 0.880. The van der Waals surface area contributed by atoms with Gasteiger partial charge in [-0.1, -0.05) is 12.8 Å². The molecule has 1 N–H and O–H groups in total. The molecule has 1 saturated heterocycles. The summed E-state index contributed by atoms with van der Waals surface area (Å²) in [5.74, 6) is 0. The van der Waals surface area contributed by atoms with Crippen molar-refractivity contribution in [2.45, 2.75) is 45.2 Å². The first-order valence-corrected chi connectivity index (χ1v) is 6.87. The molecule has 1 aliphatic heterocycles. The van der Waals surface area contributed by atoms with E-state index in [9.17, 15) is 5.11 Å². The maximum Gasteiger partial charge on any atom is 0.0897 e. The minimum atomic E-state index is 0.289. The van der Waals surface area contributed by atoms with Crippen LogP contribution in [-0.4, -0.2) is 34.2 Å². The van der Waals surface area contributed by atoms with E-state index in [1.54, 1.807) is 11.3 Å². The number of hydrogen-bond acceptors (Lipinski definition) is 4. The number of thiazole rings is 1. The highest BCUT2D eigenvalue weighted by molar-refractivity contribution is 7.11. The Kier molecular flexibility index (Phi) is 4.32. The van der Waals surface area contributed by atoms with Crippen molar-refractivity contribution >= 4 is 11.3 Å². The van der Waals surface area contributed by atoms with Crippen LogP contribution in [0.5, 0.6) is 0 Å². The Morgan fingerprint density at radius 2 is 2.38 bits per heavy atom. The van der Waals surface area contributed by atoms with Gasteiger partial charge in [0, 0.05) is 23.7 Å². The molecule has 1 atom stereocenters. The topological polar surface area (TPSA) is 36.4 Å². The molecule has 1 aromatic rings. The van der Waals surface area contributed by atoms with Crippen molar-refractivity contribution < 1.29 is 5.11 Å². The summed E-state index contributed by atoms with van der Waals surface area (Å²) in [5, 5.41) is 10.5. The van der Waals surface area contributed by atoms with Crippen LogP contribution in [0.25, 0.3) is 0 Å². The lowest BCUT2D eigenvalue weighted by Gasteiger charge is -2.27. The predicted octanol–water partition coefficient (Wildman–Crippen LogP) is 2.19. The lowest BCUT2D eigenvalue weighted by Crippen LogP contribution is -2.36. The molecule has 0 aliphatic carbocycles. The standard InChI is InChI=1S/C12H20N2OS/c1-10-13-7-12(16-10)8-14-6-4-2-3-5-11(14)9-15/h7,11,15H,2-6,8-9H2,1H3. The van der Waals surface area contributed by atoms with Crippen molar-refractivity contribution in [3.63, 3.8) is 0 Å². The smallest absolute Gasteiger partial charge is 0.0897 e. The van der Waals surface area contributed by atoms with Gasteiger partial charge in [0.1, 0.15) is 0 Å². The largest absolute Gasteiger partial charge is 0.395 e. The molecule has 0 spiro atoms. The summed E-state index contributed by atoms with van der Waals surface area (Å²) in [4.78, 5) is 8.02. The van der Waals surface area contributed by atoms with E-state index in [0.29, 0.717) is 6.04 Å². The van der Waals surface area contributed by atoms with E-state index in [1.165, 1.54) is 24.1 Å². The van der Waals surface area contributed by atoms with E-state index in [1.807, 2.05) is 13.1 Å². The van der Waals surface area contributed by atoms with Gasteiger partial charge in [0.05, 0.1) is 11.6 Å². The summed E-state index contributed by atoms with van der Waals surface area (Å²) in [5.41, 5.74) is 0. The van der Waals surface area contributed by atoms with Crippen molar-refractivity contribution in [1.82, 2.24) is 9.88 Å². The fourth-order valence-corrected chi connectivity index (χ4v) is 3.15. The van der Waals surface area contributed by atoms with Gasteiger partial charge in [0.25, 0.3) is 0 Å². The molecule has 1 aliphatic rings. The number of nitrogens with zero attached hydrogens (tertiary/aromatic N) is 2. The van der Waals surface area contributed by atoms with Gasteiger partial charge in [-0.15, -0.1) is 11.3 Å². The second kappa shape index (κ2) is 5.75. The van der Waals surface area contributed by atoms with E-state index in [0.717, 1.165) is 24.5 Å². The van der Waals surface area contributed by atoms with Crippen LogP contribution in [-0.2, 0) is 6.54 Å². The first-order valence-electron chi connectivity index (χ1n) is 6.06. The SMILES string of the molecule is Cc1ncc(CN2CCCCCC2CO)s1. The number of likely N-dealkylation sites (tertiary alicyclic amines) is 1. The summed E-state index contributed by atoms with van der Waals surface area (Å²) in [6, 6.07) is 0.352. The zero-order chi connectivity index (χ0) is 11.4. The van der Waals surface area contributed by atoms with E-state index < -0.39 is 0 Å². The Balaban J connectivity index is 1.99. The molecule has 0 saturated carbocycles. The Bertz CT molecular complexity index is 327. The molecule has 2 rings (SSSR count). The van der Waals surface area contributed by atoms with Gasteiger partial charge >= 0.3 is 0 Å². The monoisotopic (exact) mass is 240 g/mol. The lowest BCUT2D eigenvalue weighted by atomic mass is 10.1. The molecule has 4 heteroatoms. The summed E-state index contributed by atoms with van der Waals surface area (Å²) >= 11 is 1.77. The van der Waals surface area contributed by atoms with Crippen LogP contribution < -0.4 is 0 Å². The molecule has 0 amide bonds. The summed E-state index contributed by atoms with van der Waals surface area (Å²) < 4.78 is 0. The third kappa shape index (κ3) is 3.03. The van der Waals surface area contributed by atoms with Gasteiger partial charge in [-0.25, -0.2) is 4.98 Å². The molecule has 90 valence electrons. The molecular weight excluding hydrogens is 220 g/mol. The van der Waals surface area contributed by atoms with Crippen molar-refractivity contribution in [3.05, 3.63) is 16.1 Å². The molecule has 3 nitrogen and oxygen atoms in total. The third-order valence-corrected chi connectivity index (χ3v) is 4.14. The number of hydrogen-bond donors (Lipinski definition) is 1. The first kappa shape index (κ1) is 12.0. The van der Waals surface area contributed by atoms with Crippen molar-refractivity contribution in [3.8, 4) is 0 Å². The molecular formula is C12H20N2OS. The molecule has 2 heterocycles. The van der Waals surface area contributed by atoms with Crippen LogP contribution in [0.2, 0.25) is 0 Å². The highest BCUT2D eigenvalue weighted by Gasteiger charge is 2.20. The predicted molar refractivity (Wildman–Crippen MR) is 66.6 cm³/mol. The molecule has 0 radical (unpaired) electrons. The fourth-order valence-electron chi connectivity index (χ4n) is 2.33. The Morgan fingerprint density at radius 3 is 3.06 bits per heavy atom. The van der Waals surface area contributed by atoms with Gasteiger partial charge in [-0.2, -0.15) is 0 Å². The average molecular weight is 240 g/mol. The molecule has 16 heavy (non-hydrogen) atoms. The molecule has 0 bridgehead atoms. The maximum atomic E-state index is 9.42. The number of aryl methyl sites for hydroxylation is 1. The molecule has 1 aromatic heterocycles. The van der Waals surface area contributed by atoms with E-state index in [-0.39, 0.29) is 6.61 Å². The fraction of sp³-hybridized carbons (Fsp3) is 0.750. The van der Waals surface area contributed by atoms with Crippen LogP contribution in [0, 0.1) is 6.92 Å². The van der Waals surface area contributed by atoms with Crippen molar-refractivity contribution in [2.75, 3.05) is 13.2 Å². The molecule has 1 fully saturated rings. The zero-order valence-electron chi connectivity index (χ0n) is 9.85. The third-order valence-electron chi connectivity index (χ3n) is 3.24. The second-order valence-corrected chi connectivity index (χ2v) is 5.82. The summed E-state index contributed by atoms with van der Waals surface area (Å²) in [6.45, 7) is 4.40. The Hall–Kier alpha value is -0.450. The number of aliphatic hydroxyl groups excluding tert-OH is 1. The number of aromatic nitrogens is 1. The minimum absolute atomic E-state index is 0.289. The van der Waals surface area contributed by atoms with Crippen molar-refractivity contribution in [2.24, 2.45) is 0 Å². The van der Waals surface area contributed by atoms with Crippen LogP contribution in [0.15, 0.2) is 6.20 Å². The average Bonchev–Trinajstić information content (AvgIpc) is 2.56.